The first kappa shape index (κ1) is 20.0. The topological polar surface area (TPSA) is 85.8 Å². The van der Waals surface area contributed by atoms with Crippen LogP contribution < -0.4 is 11.2 Å². The molecule has 1 heterocycles. The SMILES string of the molecule is CC(Sc1nnc(-c2ccccc2Br)n1N)C(=O)Nc1ccc(Cl)cc1Cl. The number of hydrogen-bond acceptors (Lipinski definition) is 5. The van der Waals surface area contributed by atoms with Gasteiger partial charge in [0, 0.05) is 15.1 Å². The summed E-state index contributed by atoms with van der Waals surface area (Å²) in [6.07, 6.45) is 0. The molecule has 1 aromatic heterocycles. The molecule has 6 nitrogen and oxygen atoms in total. The fraction of sp³-hybridized carbons (Fsp3) is 0.118. The predicted molar refractivity (Wildman–Crippen MR) is 114 cm³/mol. The number of nitrogens with one attached hydrogen (secondary N) is 1. The van der Waals surface area contributed by atoms with Gasteiger partial charge in [-0.05, 0) is 37.3 Å². The summed E-state index contributed by atoms with van der Waals surface area (Å²) in [6.45, 7) is 1.75. The Hall–Kier alpha value is -1.74. The van der Waals surface area contributed by atoms with E-state index in [1.165, 1.54) is 16.4 Å². The number of benzene rings is 2. The summed E-state index contributed by atoms with van der Waals surface area (Å²) in [7, 11) is 0. The minimum Gasteiger partial charge on any atom is -0.335 e. The summed E-state index contributed by atoms with van der Waals surface area (Å²) in [5.74, 6) is 6.39. The zero-order valence-electron chi connectivity index (χ0n) is 14.0. The molecule has 2 aromatic carbocycles. The van der Waals surface area contributed by atoms with E-state index in [1.807, 2.05) is 24.3 Å². The van der Waals surface area contributed by atoms with Crippen LogP contribution in [-0.2, 0) is 4.79 Å². The third kappa shape index (κ3) is 4.57. The van der Waals surface area contributed by atoms with Crippen molar-refractivity contribution in [2.45, 2.75) is 17.3 Å². The molecule has 3 aromatic rings. The number of nitrogen functional groups attached to an aromatic ring is 1. The fourth-order valence-electron chi connectivity index (χ4n) is 2.22. The van der Waals surface area contributed by atoms with E-state index < -0.39 is 5.25 Å². The number of anilines is 1. The maximum Gasteiger partial charge on any atom is 0.237 e. The van der Waals surface area contributed by atoms with Crippen LogP contribution in [0, 0.1) is 0 Å². The minimum atomic E-state index is -0.477. The molecular formula is C17H14BrCl2N5OS. The molecule has 1 atom stereocenters. The van der Waals surface area contributed by atoms with Gasteiger partial charge in [0.2, 0.25) is 11.1 Å². The molecule has 1 unspecified atom stereocenters. The quantitative estimate of drug-likeness (QED) is 0.397. The number of carbonyl (C=O) groups excluding carboxylic acids is 1. The molecule has 0 aliphatic rings. The van der Waals surface area contributed by atoms with Gasteiger partial charge < -0.3 is 11.2 Å². The Morgan fingerprint density at radius 3 is 2.70 bits per heavy atom. The molecule has 10 heteroatoms. The Labute approximate surface area is 178 Å². The van der Waals surface area contributed by atoms with Crippen LogP contribution >= 0.6 is 50.9 Å². The van der Waals surface area contributed by atoms with Crippen molar-refractivity contribution in [3.05, 3.63) is 57.0 Å². The van der Waals surface area contributed by atoms with Crippen LogP contribution in [0.5, 0.6) is 0 Å². The second kappa shape index (κ2) is 8.52. The molecule has 0 fully saturated rings. The summed E-state index contributed by atoms with van der Waals surface area (Å²) in [5.41, 5.74) is 1.30. The third-order valence-electron chi connectivity index (χ3n) is 3.62. The second-order valence-electron chi connectivity index (χ2n) is 5.53. The molecule has 0 saturated carbocycles. The van der Waals surface area contributed by atoms with Crippen LogP contribution in [0.4, 0.5) is 5.69 Å². The Bertz CT molecular complexity index is 997. The van der Waals surface area contributed by atoms with Gasteiger partial charge >= 0.3 is 0 Å². The number of nitrogens with zero attached hydrogens (tertiary/aromatic N) is 3. The van der Waals surface area contributed by atoms with Crippen LogP contribution in [-0.4, -0.2) is 26.0 Å². The largest absolute Gasteiger partial charge is 0.335 e. The molecule has 0 spiro atoms. The van der Waals surface area contributed by atoms with E-state index in [-0.39, 0.29) is 5.91 Å². The highest BCUT2D eigenvalue weighted by atomic mass is 79.9. The van der Waals surface area contributed by atoms with Crippen LogP contribution in [0.3, 0.4) is 0 Å². The number of hydrogen-bond donors (Lipinski definition) is 2. The number of rotatable bonds is 5. The zero-order valence-corrected chi connectivity index (χ0v) is 17.9. The van der Waals surface area contributed by atoms with Crippen molar-refractivity contribution in [2.24, 2.45) is 0 Å². The van der Waals surface area contributed by atoms with E-state index in [1.54, 1.807) is 25.1 Å². The number of thioether (sulfide) groups is 1. The van der Waals surface area contributed by atoms with E-state index in [2.05, 4.69) is 31.4 Å². The molecule has 27 heavy (non-hydrogen) atoms. The van der Waals surface area contributed by atoms with E-state index in [0.717, 1.165) is 10.0 Å². The Balaban J connectivity index is 1.73. The molecule has 0 radical (unpaired) electrons. The average molecular weight is 487 g/mol. The van der Waals surface area contributed by atoms with E-state index in [0.29, 0.717) is 26.7 Å². The standard InChI is InChI=1S/C17H14BrCl2N5OS/c1-9(16(26)22-14-7-6-10(19)8-13(14)20)27-17-24-23-15(25(17)21)11-4-2-3-5-12(11)18/h2-9H,21H2,1H3,(H,22,26). The molecule has 0 aliphatic carbocycles. The summed E-state index contributed by atoms with van der Waals surface area (Å²) in [6, 6.07) is 12.4. The third-order valence-corrected chi connectivity index (χ3v) is 5.92. The highest BCUT2D eigenvalue weighted by molar-refractivity contribution is 9.10. The second-order valence-corrected chi connectivity index (χ2v) is 8.54. The summed E-state index contributed by atoms with van der Waals surface area (Å²) >= 11 is 16.6. The molecule has 1 amide bonds. The lowest BCUT2D eigenvalue weighted by Crippen LogP contribution is -2.23. The highest BCUT2D eigenvalue weighted by Gasteiger charge is 2.21. The van der Waals surface area contributed by atoms with Crippen molar-refractivity contribution < 1.29 is 4.79 Å². The minimum absolute atomic E-state index is 0.241. The van der Waals surface area contributed by atoms with Gasteiger partial charge in [-0.2, -0.15) is 0 Å². The van der Waals surface area contributed by atoms with Crippen LogP contribution in [0.2, 0.25) is 10.0 Å². The molecule has 0 bridgehead atoms. The van der Waals surface area contributed by atoms with Gasteiger partial charge in [0.05, 0.1) is 16.0 Å². The summed E-state index contributed by atoms with van der Waals surface area (Å²) in [5, 5.41) is 11.8. The normalized spacial score (nSPS) is 12.0. The Morgan fingerprint density at radius 1 is 1.26 bits per heavy atom. The smallest absolute Gasteiger partial charge is 0.237 e. The highest BCUT2D eigenvalue weighted by Crippen LogP contribution is 2.30. The van der Waals surface area contributed by atoms with E-state index in [9.17, 15) is 4.79 Å². The molecule has 140 valence electrons. The molecule has 0 aliphatic heterocycles. The van der Waals surface area contributed by atoms with E-state index >= 15 is 0 Å². The van der Waals surface area contributed by atoms with Gasteiger partial charge in [-0.15, -0.1) is 10.2 Å². The van der Waals surface area contributed by atoms with Crippen molar-refractivity contribution in [1.29, 1.82) is 0 Å². The number of amides is 1. The maximum atomic E-state index is 12.5. The van der Waals surface area contributed by atoms with Crippen molar-refractivity contribution >= 4 is 62.5 Å². The Morgan fingerprint density at radius 2 is 2.00 bits per heavy atom. The summed E-state index contributed by atoms with van der Waals surface area (Å²) < 4.78 is 2.22. The lowest BCUT2D eigenvalue weighted by molar-refractivity contribution is -0.115. The Kier molecular flexibility index (Phi) is 6.31. The van der Waals surface area contributed by atoms with Gasteiger partial charge in [0.25, 0.3) is 0 Å². The number of nitrogens with two attached hydrogens (primary N) is 1. The van der Waals surface area contributed by atoms with Crippen molar-refractivity contribution in [2.75, 3.05) is 11.2 Å². The first-order chi connectivity index (χ1) is 12.9. The average Bonchev–Trinajstić information content (AvgIpc) is 2.98. The van der Waals surface area contributed by atoms with Gasteiger partial charge in [0.15, 0.2) is 5.82 Å². The lowest BCUT2D eigenvalue weighted by Gasteiger charge is -2.12. The summed E-state index contributed by atoms with van der Waals surface area (Å²) in [4.78, 5) is 12.5. The molecule has 0 saturated heterocycles. The number of carbonyl (C=O) groups is 1. The van der Waals surface area contributed by atoms with Gasteiger partial charge in [-0.25, -0.2) is 4.68 Å². The van der Waals surface area contributed by atoms with Gasteiger partial charge in [0.1, 0.15) is 0 Å². The van der Waals surface area contributed by atoms with Crippen LogP contribution in [0.25, 0.3) is 11.4 Å². The maximum absolute atomic E-state index is 12.5. The van der Waals surface area contributed by atoms with Gasteiger partial charge in [-0.3, -0.25) is 4.79 Å². The van der Waals surface area contributed by atoms with Crippen molar-refractivity contribution in [3.8, 4) is 11.4 Å². The monoisotopic (exact) mass is 485 g/mol. The van der Waals surface area contributed by atoms with Gasteiger partial charge in [-0.1, -0.05) is 63.0 Å². The van der Waals surface area contributed by atoms with Crippen LogP contribution in [0.15, 0.2) is 52.1 Å². The molecule has 3 rings (SSSR count). The number of aromatic nitrogens is 3. The van der Waals surface area contributed by atoms with Crippen molar-refractivity contribution in [3.63, 3.8) is 0 Å². The zero-order chi connectivity index (χ0) is 19.6. The first-order valence-electron chi connectivity index (χ1n) is 7.74. The molecular weight excluding hydrogens is 473 g/mol. The number of halogens is 3. The lowest BCUT2D eigenvalue weighted by atomic mass is 10.2. The van der Waals surface area contributed by atoms with Crippen molar-refractivity contribution in [1.82, 2.24) is 14.9 Å². The first-order valence-corrected chi connectivity index (χ1v) is 10.2. The fourth-order valence-corrected chi connectivity index (χ4v) is 3.91. The molecule has 3 N–H and O–H groups in total. The van der Waals surface area contributed by atoms with Crippen LogP contribution in [0.1, 0.15) is 6.92 Å². The van der Waals surface area contributed by atoms with E-state index in [4.69, 9.17) is 29.0 Å². The predicted octanol–water partition coefficient (Wildman–Crippen LogP) is 4.85.